The third kappa shape index (κ3) is 5.92. The second-order valence-electron chi connectivity index (χ2n) is 4.57. The van der Waals surface area contributed by atoms with E-state index in [0.717, 1.165) is 6.42 Å². The molecule has 2 atom stereocenters. The Morgan fingerprint density at radius 1 is 1.52 bits per heavy atom. The van der Waals surface area contributed by atoms with Crippen molar-refractivity contribution in [2.75, 3.05) is 6.54 Å². The fourth-order valence-electron chi connectivity index (χ4n) is 1.52. The Labute approximate surface area is 125 Å². The summed E-state index contributed by atoms with van der Waals surface area (Å²) in [6, 6.07) is 2.66. The monoisotopic (exact) mass is 322 g/mol. The van der Waals surface area contributed by atoms with Crippen LogP contribution < -0.4 is 5.32 Å². The second kappa shape index (κ2) is 7.65. The summed E-state index contributed by atoms with van der Waals surface area (Å²) in [6.45, 7) is 3.71. The van der Waals surface area contributed by atoms with Gasteiger partial charge in [-0.1, -0.05) is 20.3 Å². The molecule has 0 aromatic carbocycles. The summed E-state index contributed by atoms with van der Waals surface area (Å²) in [5.41, 5.74) is -4.67. The molecular formula is C13H17F3N2O2S. The minimum Gasteiger partial charge on any atom is -0.391 e. The number of halogens is 3. The highest BCUT2D eigenvalue weighted by atomic mass is 32.2. The normalized spacial score (nSPS) is 14.6. The molecule has 0 bridgehead atoms. The smallest absolute Gasteiger partial charge is 0.391 e. The summed E-state index contributed by atoms with van der Waals surface area (Å²) in [7, 11) is 0. The molecule has 0 aliphatic carbocycles. The van der Waals surface area contributed by atoms with E-state index in [2.05, 4.69) is 10.3 Å². The van der Waals surface area contributed by atoms with Crippen LogP contribution in [0.15, 0.2) is 23.4 Å². The van der Waals surface area contributed by atoms with Crippen molar-refractivity contribution < 1.29 is 23.1 Å². The highest BCUT2D eigenvalue weighted by molar-refractivity contribution is 8.00. The fourth-order valence-corrected chi connectivity index (χ4v) is 2.12. The number of thioether (sulfide) groups is 1. The van der Waals surface area contributed by atoms with Crippen LogP contribution in [0.5, 0.6) is 0 Å². The van der Waals surface area contributed by atoms with Crippen molar-refractivity contribution in [3.05, 3.63) is 23.9 Å². The molecule has 0 radical (unpaired) electrons. The Morgan fingerprint density at radius 3 is 2.76 bits per heavy atom. The Balaban J connectivity index is 2.74. The van der Waals surface area contributed by atoms with Crippen molar-refractivity contribution in [1.82, 2.24) is 10.3 Å². The van der Waals surface area contributed by atoms with E-state index >= 15 is 0 Å². The molecule has 1 amide bonds. The standard InChI is InChI=1S/C13H17F3N2O2S/c1-3-8(2)10(19)7-18-11(20)9-5-4-6-17-12(9)21-13(14,15)16/h4-6,8,10,19H,3,7H2,1-2H3,(H,18,20). The molecule has 2 unspecified atom stereocenters. The molecular weight excluding hydrogens is 305 g/mol. The number of hydrogen-bond acceptors (Lipinski definition) is 4. The van der Waals surface area contributed by atoms with Crippen LogP contribution in [0.4, 0.5) is 13.2 Å². The van der Waals surface area contributed by atoms with Crippen LogP contribution in [0.3, 0.4) is 0 Å². The lowest BCUT2D eigenvalue weighted by atomic mass is 10.0. The summed E-state index contributed by atoms with van der Waals surface area (Å²) in [6.07, 6.45) is 1.19. The maximum atomic E-state index is 12.4. The predicted octanol–water partition coefficient (Wildman–Crippen LogP) is 2.83. The zero-order valence-corrected chi connectivity index (χ0v) is 12.5. The maximum Gasteiger partial charge on any atom is 0.447 e. The van der Waals surface area contributed by atoms with Crippen LogP contribution in [0, 0.1) is 5.92 Å². The van der Waals surface area contributed by atoms with Gasteiger partial charge in [-0.2, -0.15) is 13.2 Å². The highest BCUT2D eigenvalue weighted by Crippen LogP contribution is 2.37. The maximum absolute atomic E-state index is 12.4. The molecule has 2 N–H and O–H groups in total. The number of nitrogens with zero attached hydrogens (tertiary/aromatic N) is 1. The number of hydrogen-bond donors (Lipinski definition) is 2. The number of aliphatic hydroxyl groups excluding tert-OH is 1. The van der Waals surface area contributed by atoms with Crippen LogP contribution >= 0.6 is 11.8 Å². The van der Waals surface area contributed by atoms with E-state index < -0.39 is 34.3 Å². The first-order chi connectivity index (χ1) is 9.74. The number of alkyl halides is 3. The van der Waals surface area contributed by atoms with Crippen LogP contribution in [0.25, 0.3) is 0 Å². The Bertz CT molecular complexity index is 483. The molecule has 1 rings (SSSR count). The first-order valence-electron chi connectivity index (χ1n) is 6.41. The van der Waals surface area contributed by atoms with Gasteiger partial charge in [-0.15, -0.1) is 0 Å². The van der Waals surface area contributed by atoms with Crippen molar-refractivity contribution >= 4 is 17.7 Å². The second-order valence-corrected chi connectivity index (χ2v) is 5.62. The lowest BCUT2D eigenvalue weighted by Gasteiger charge is -2.18. The topological polar surface area (TPSA) is 62.2 Å². The van der Waals surface area contributed by atoms with Crippen LogP contribution in [0.2, 0.25) is 0 Å². The number of aliphatic hydroxyl groups is 1. The number of carbonyl (C=O) groups excluding carboxylic acids is 1. The van der Waals surface area contributed by atoms with Crippen LogP contribution in [0.1, 0.15) is 30.6 Å². The van der Waals surface area contributed by atoms with E-state index in [0.29, 0.717) is 0 Å². The number of rotatable bonds is 6. The summed E-state index contributed by atoms with van der Waals surface area (Å²) >= 11 is -0.434. The molecule has 0 aliphatic rings. The molecule has 1 heterocycles. The fraction of sp³-hybridized carbons (Fsp3) is 0.538. The molecule has 0 aliphatic heterocycles. The third-order valence-corrected chi connectivity index (χ3v) is 3.75. The van der Waals surface area contributed by atoms with E-state index in [9.17, 15) is 23.1 Å². The van der Waals surface area contributed by atoms with Crippen LogP contribution in [-0.2, 0) is 0 Å². The highest BCUT2D eigenvalue weighted by Gasteiger charge is 2.32. The quantitative estimate of drug-likeness (QED) is 0.791. The minimum atomic E-state index is -4.51. The predicted molar refractivity (Wildman–Crippen MR) is 73.9 cm³/mol. The average Bonchev–Trinajstić information content (AvgIpc) is 2.42. The van der Waals surface area contributed by atoms with Gasteiger partial charge in [0, 0.05) is 24.5 Å². The van der Waals surface area contributed by atoms with Crippen molar-refractivity contribution in [3.63, 3.8) is 0 Å². The molecule has 0 fully saturated rings. The number of aromatic nitrogens is 1. The lowest BCUT2D eigenvalue weighted by molar-refractivity contribution is -0.0329. The lowest BCUT2D eigenvalue weighted by Crippen LogP contribution is -2.35. The average molecular weight is 322 g/mol. The van der Waals surface area contributed by atoms with E-state index in [1.807, 2.05) is 13.8 Å². The SMILES string of the molecule is CCC(C)C(O)CNC(=O)c1cccnc1SC(F)(F)F. The van der Waals surface area contributed by atoms with E-state index in [1.54, 1.807) is 0 Å². The van der Waals surface area contributed by atoms with Crippen molar-refractivity contribution in [3.8, 4) is 0 Å². The van der Waals surface area contributed by atoms with Crippen LogP contribution in [-0.4, -0.2) is 34.2 Å². The minimum absolute atomic E-state index is 0.0109. The molecule has 21 heavy (non-hydrogen) atoms. The van der Waals surface area contributed by atoms with Crippen molar-refractivity contribution in [1.29, 1.82) is 0 Å². The number of nitrogens with one attached hydrogen (secondary N) is 1. The van der Waals surface area contributed by atoms with Crippen molar-refractivity contribution in [2.45, 2.75) is 36.9 Å². The molecule has 118 valence electrons. The van der Waals surface area contributed by atoms with E-state index in [4.69, 9.17) is 0 Å². The zero-order valence-electron chi connectivity index (χ0n) is 11.6. The molecule has 1 aromatic heterocycles. The van der Waals surface area contributed by atoms with Gasteiger partial charge in [0.2, 0.25) is 0 Å². The summed E-state index contributed by atoms with van der Waals surface area (Å²) < 4.78 is 37.2. The summed E-state index contributed by atoms with van der Waals surface area (Å²) in [5, 5.41) is 11.8. The zero-order chi connectivity index (χ0) is 16.0. The first-order valence-corrected chi connectivity index (χ1v) is 7.23. The molecule has 0 saturated heterocycles. The number of pyridine rings is 1. The molecule has 8 heteroatoms. The van der Waals surface area contributed by atoms with Gasteiger partial charge in [0.1, 0.15) is 5.03 Å². The van der Waals surface area contributed by atoms with E-state index in [-0.39, 0.29) is 18.0 Å². The van der Waals surface area contributed by atoms with Gasteiger partial charge in [0.05, 0.1) is 11.7 Å². The first kappa shape index (κ1) is 17.8. The Morgan fingerprint density at radius 2 is 2.19 bits per heavy atom. The number of carbonyl (C=O) groups is 1. The van der Waals surface area contributed by atoms with E-state index in [1.165, 1.54) is 18.3 Å². The Kier molecular flexibility index (Phi) is 6.47. The molecule has 4 nitrogen and oxygen atoms in total. The van der Waals surface area contributed by atoms with Crippen molar-refractivity contribution in [2.24, 2.45) is 5.92 Å². The van der Waals surface area contributed by atoms with Gasteiger partial charge in [-0.05, 0) is 18.1 Å². The van der Waals surface area contributed by atoms with Gasteiger partial charge in [0.15, 0.2) is 0 Å². The van der Waals surface area contributed by atoms with Gasteiger partial charge in [-0.3, -0.25) is 4.79 Å². The largest absolute Gasteiger partial charge is 0.447 e. The molecule has 0 saturated carbocycles. The van der Waals surface area contributed by atoms with Gasteiger partial charge < -0.3 is 10.4 Å². The van der Waals surface area contributed by atoms with Gasteiger partial charge in [-0.25, -0.2) is 4.98 Å². The molecule has 1 aromatic rings. The number of amides is 1. The Hall–Kier alpha value is -1.28. The third-order valence-electron chi connectivity index (χ3n) is 3.00. The summed E-state index contributed by atoms with van der Waals surface area (Å²) in [5.74, 6) is -0.694. The molecule has 0 spiro atoms. The van der Waals surface area contributed by atoms with Gasteiger partial charge >= 0.3 is 5.51 Å². The van der Waals surface area contributed by atoms with Gasteiger partial charge in [0.25, 0.3) is 5.91 Å². The summed E-state index contributed by atoms with van der Waals surface area (Å²) in [4.78, 5) is 15.5.